The summed E-state index contributed by atoms with van der Waals surface area (Å²) >= 11 is 0. The molecule has 234 valence electrons. The summed E-state index contributed by atoms with van der Waals surface area (Å²) < 4.78 is 11.6. The quantitative estimate of drug-likeness (QED) is 0.197. The van der Waals surface area contributed by atoms with Crippen LogP contribution in [0.25, 0.3) is 0 Å². The number of hydrogen-bond donors (Lipinski definition) is 3. The largest absolute Gasteiger partial charge is 0.489 e. The van der Waals surface area contributed by atoms with E-state index in [4.69, 9.17) is 9.47 Å². The van der Waals surface area contributed by atoms with E-state index in [0.717, 1.165) is 42.6 Å². The first-order valence-electron chi connectivity index (χ1n) is 15.4. The topological polar surface area (TPSA) is 96.9 Å². The molecule has 7 heteroatoms. The second-order valence-corrected chi connectivity index (χ2v) is 13.4. The summed E-state index contributed by atoms with van der Waals surface area (Å²) in [5.74, 6) is 1.12. The molecule has 0 heterocycles. The number of aliphatic hydroxyl groups excluding tert-OH is 1. The van der Waals surface area contributed by atoms with Gasteiger partial charge in [-0.25, -0.2) is 4.79 Å². The summed E-state index contributed by atoms with van der Waals surface area (Å²) in [7, 11) is 0. The van der Waals surface area contributed by atoms with Crippen LogP contribution in [0.4, 0.5) is 4.79 Å². The van der Waals surface area contributed by atoms with Crippen molar-refractivity contribution in [3.05, 3.63) is 65.7 Å². The number of unbranched alkanes of at least 4 members (excludes halogenated alkanes) is 1. The maximum Gasteiger partial charge on any atom is 0.407 e. The van der Waals surface area contributed by atoms with Crippen molar-refractivity contribution in [3.8, 4) is 5.75 Å². The fraction of sp³-hybridized carbons (Fsp3) is 0.600. The van der Waals surface area contributed by atoms with Gasteiger partial charge >= 0.3 is 6.09 Å². The van der Waals surface area contributed by atoms with Gasteiger partial charge in [-0.1, -0.05) is 89.9 Å². The van der Waals surface area contributed by atoms with Crippen molar-refractivity contribution in [2.75, 3.05) is 6.54 Å². The monoisotopic (exact) mass is 582 g/mol. The molecule has 3 unspecified atom stereocenters. The lowest BCUT2D eigenvalue weighted by atomic mass is 9.82. The molecule has 3 N–H and O–H groups in total. The maximum absolute atomic E-state index is 12.9. The lowest BCUT2D eigenvalue weighted by molar-refractivity contribution is -0.130. The molecule has 0 aliphatic carbocycles. The minimum atomic E-state index is -0.981. The Morgan fingerprint density at radius 2 is 1.62 bits per heavy atom. The van der Waals surface area contributed by atoms with E-state index in [1.54, 1.807) is 20.8 Å². The summed E-state index contributed by atoms with van der Waals surface area (Å²) in [6.07, 6.45) is 2.44. The van der Waals surface area contributed by atoms with E-state index in [1.165, 1.54) is 0 Å². The van der Waals surface area contributed by atoms with Crippen LogP contribution in [0.1, 0.15) is 92.2 Å². The zero-order chi connectivity index (χ0) is 31.3. The number of ether oxygens (including phenoxy) is 2. The standard InChI is InChI=1S/C35H54N2O5/c1-9-10-19-35(7,8)32(39)36-23-31(38)30(37-33(40)42-34(4,5)6)22-28(25(2)3)20-27-17-14-18-29(21-27)41-24-26-15-12-11-13-16-26/h11-18,21,25,28,30-31,38H,9-10,19-20,22-24H2,1-8H3,(H,36,39)(H,37,40). The van der Waals surface area contributed by atoms with Crippen molar-refractivity contribution in [2.45, 2.75) is 112 Å². The number of nitrogens with one attached hydrogen (secondary N) is 2. The molecule has 0 radical (unpaired) electrons. The van der Waals surface area contributed by atoms with Gasteiger partial charge in [-0.2, -0.15) is 0 Å². The van der Waals surface area contributed by atoms with E-state index in [9.17, 15) is 14.7 Å². The van der Waals surface area contributed by atoms with Crippen molar-refractivity contribution in [1.29, 1.82) is 0 Å². The molecule has 0 aromatic heterocycles. The number of benzene rings is 2. The van der Waals surface area contributed by atoms with E-state index in [0.29, 0.717) is 13.0 Å². The van der Waals surface area contributed by atoms with E-state index in [2.05, 4.69) is 43.5 Å². The highest BCUT2D eigenvalue weighted by Gasteiger charge is 2.31. The fourth-order valence-corrected chi connectivity index (χ4v) is 4.81. The third-order valence-electron chi connectivity index (χ3n) is 7.55. The molecule has 0 saturated carbocycles. The molecule has 0 aliphatic rings. The lowest BCUT2D eigenvalue weighted by Gasteiger charge is -2.32. The number of aliphatic hydroxyl groups is 1. The molecule has 2 aromatic carbocycles. The van der Waals surface area contributed by atoms with Crippen LogP contribution >= 0.6 is 0 Å². The highest BCUT2D eigenvalue weighted by molar-refractivity contribution is 5.81. The molecule has 0 spiro atoms. The Bertz CT molecular complexity index is 1090. The van der Waals surface area contributed by atoms with Gasteiger partial charge in [-0.3, -0.25) is 4.79 Å². The molecule has 42 heavy (non-hydrogen) atoms. The summed E-state index contributed by atoms with van der Waals surface area (Å²) in [5.41, 5.74) is 1.02. The van der Waals surface area contributed by atoms with E-state index < -0.39 is 29.3 Å². The van der Waals surface area contributed by atoms with Gasteiger partial charge in [0.2, 0.25) is 5.91 Å². The number of carbonyl (C=O) groups is 2. The van der Waals surface area contributed by atoms with Crippen molar-refractivity contribution < 1.29 is 24.2 Å². The molecule has 0 bridgehead atoms. The normalized spacial score (nSPS) is 14.1. The summed E-state index contributed by atoms with van der Waals surface area (Å²) in [4.78, 5) is 25.7. The van der Waals surface area contributed by atoms with Crippen LogP contribution in [0.2, 0.25) is 0 Å². The maximum atomic E-state index is 12.9. The van der Waals surface area contributed by atoms with Gasteiger partial charge in [0.1, 0.15) is 18.0 Å². The minimum absolute atomic E-state index is 0.0441. The third-order valence-corrected chi connectivity index (χ3v) is 7.55. The fourth-order valence-electron chi connectivity index (χ4n) is 4.81. The molecule has 2 rings (SSSR count). The van der Waals surface area contributed by atoms with Crippen molar-refractivity contribution in [1.82, 2.24) is 10.6 Å². The average molecular weight is 583 g/mol. The van der Waals surface area contributed by atoms with Crippen LogP contribution in [0.5, 0.6) is 5.75 Å². The van der Waals surface area contributed by atoms with Gasteiger partial charge in [0.15, 0.2) is 0 Å². The zero-order valence-corrected chi connectivity index (χ0v) is 27.0. The van der Waals surface area contributed by atoms with Gasteiger partial charge in [0.25, 0.3) is 0 Å². The number of amides is 2. The summed E-state index contributed by atoms with van der Waals surface area (Å²) in [6, 6.07) is 17.5. The predicted molar refractivity (Wildman–Crippen MR) is 169 cm³/mol. The third kappa shape index (κ3) is 12.8. The molecular formula is C35H54N2O5. The Morgan fingerprint density at radius 1 is 0.952 bits per heavy atom. The van der Waals surface area contributed by atoms with Gasteiger partial charge < -0.3 is 25.2 Å². The van der Waals surface area contributed by atoms with Crippen LogP contribution in [0.3, 0.4) is 0 Å². The van der Waals surface area contributed by atoms with Crippen LogP contribution in [-0.4, -0.2) is 41.4 Å². The predicted octanol–water partition coefficient (Wildman–Crippen LogP) is 7.06. The second kappa shape index (κ2) is 16.5. The molecule has 7 nitrogen and oxygen atoms in total. The smallest absolute Gasteiger partial charge is 0.407 e. The molecule has 2 amide bonds. The second-order valence-electron chi connectivity index (χ2n) is 13.4. The van der Waals surface area contributed by atoms with Gasteiger partial charge in [0.05, 0.1) is 12.1 Å². The van der Waals surface area contributed by atoms with E-state index in [1.807, 2.05) is 56.3 Å². The lowest BCUT2D eigenvalue weighted by Crippen LogP contribution is -2.51. The van der Waals surface area contributed by atoms with E-state index in [-0.39, 0.29) is 24.3 Å². The van der Waals surface area contributed by atoms with Gasteiger partial charge in [-0.05, 0) is 75.1 Å². The van der Waals surface area contributed by atoms with Crippen molar-refractivity contribution >= 4 is 12.0 Å². The number of carbonyl (C=O) groups excluding carboxylic acids is 2. The molecule has 0 aliphatic heterocycles. The molecular weight excluding hydrogens is 528 g/mol. The highest BCUT2D eigenvalue weighted by Crippen LogP contribution is 2.27. The summed E-state index contributed by atoms with van der Waals surface area (Å²) in [5, 5.41) is 17.1. The van der Waals surface area contributed by atoms with Gasteiger partial charge in [-0.15, -0.1) is 0 Å². The SMILES string of the molecule is CCCCC(C)(C)C(=O)NCC(O)C(CC(Cc1cccc(OCc2ccccc2)c1)C(C)C)NC(=O)OC(C)(C)C. The Morgan fingerprint density at radius 3 is 2.24 bits per heavy atom. The highest BCUT2D eigenvalue weighted by atomic mass is 16.6. The minimum Gasteiger partial charge on any atom is -0.489 e. The van der Waals surface area contributed by atoms with Crippen LogP contribution in [0, 0.1) is 17.3 Å². The first-order valence-corrected chi connectivity index (χ1v) is 15.4. The zero-order valence-electron chi connectivity index (χ0n) is 27.0. The Balaban J connectivity index is 2.14. The molecule has 0 fully saturated rings. The molecule has 0 saturated heterocycles. The number of alkyl carbamates (subject to hydrolysis) is 1. The Hall–Kier alpha value is -3.06. The van der Waals surface area contributed by atoms with Gasteiger partial charge in [0, 0.05) is 12.0 Å². The van der Waals surface area contributed by atoms with Crippen LogP contribution < -0.4 is 15.4 Å². The average Bonchev–Trinajstić information content (AvgIpc) is 2.92. The van der Waals surface area contributed by atoms with E-state index >= 15 is 0 Å². The van der Waals surface area contributed by atoms with Crippen LogP contribution in [0.15, 0.2) is 54.6 Å². The Labute approximate surface area is 253 Å². The number of hydrogen-bond acceptors (Lipinski definition) is 5. The Kier molecular flexibility index (Phi) is 13.8. The first kappa shape index (κ1) is 35.1. The molecule has 2 aromatic rings. The van der Waals surface area contributed by atoms with Crippen molar-refractivity contribution in [3.63, 3.8) is 0 Å². The molecule has 3 atom stereocenters. The van der Waals surface area contributed by atoms with Crippen LogP contribution in [-0.2, 0) is 22.6 Å². The number of rotatable bonds is 16. The summed E-state index contributed by atoms with van der Waals surface area (Å²) in [6.45, 7) is 16.2. The first-order chi connectivity index (χ1) is 19.7. The van der Waals surface area contributed by atoms with Crippen molar-refractivity contribution in [2.24, 2.45) is 17.3 Å².